The normalized spacial score (nSPS) is 10.7. The molecule has 2 aromatic rings. The quantitative estimate of drug-likeness (QED) is 0.883. The van der Waals surface area contributed by atoms with E-state index in [-0.39, 0.29) is 12.5 Å². The Morgan fingerprint density at radius 1 is 1.42 bits per heavy atom. The zero-order chi connectivity index (χ0) is 13.8. The Hall–Kier alpha value is -2.30. The second-order valence-corrected chi connectivity index (χ2v) is 4.76. The molecule has 100 valence electrons. The lowest BCUT2D eigenvalue weighted by Gasteiger charge is -2.13. The fourth-order valence-corrected chi connectivity index (χ4v) is 1.92. The van der Waals surface area contributed by atoms with Gasteiger partial charge in [0.2, 0.25) is 5.91 Å². The van der Waals surface area contributed by atoms with Crippen molar-refractivity contribution < 1.29 is 4.79 Å². The number of nitrogens with two attached hydrogens (primary N) is 1. The molecule has 0 bridgehead atoms. The number of hydrogen-bond donors (Lipinski definition) is 2. The summed E-state index contributed by atoms with van der Waals surface area (Å²) >= 11 is 0. The Balaban J connectivity index is 2.07. The van der Waals surface area contributed by atoms with Crippen molar-refractivity contribution in [1.82, 2.24) is 9.78 Å². The third-order valence-corrected chi connectivity index (χ3v) is 2.82. The highest BCUT2D eigenvalue weighted by Crippen LogP contribution is 2.23. The van der Waals surface area contributed by atoms with E-state index in [9.17, 15) is 4.79 Å². The molecule has 3 N–H and O–H groups in total. The highest BCUT2D eigenvalue weighted by atomic mass is 16.2. The van der Waals surface area contributed by atoms with Crippen molar-refractivity contribution in [2.24, 2.45) is 0 Å². The Morgan fingerprint density at radius 2 is 2.16 bits per heavy atom. The number of aromatic nitrogens is 2. The molecule has 19 heavy (non-hydrogen) atoms. The van der Waals surface area contributed by atoms with Crippen LogP contribution in [0.4, 0.5) is 11.4 Å². The summed E-state index contributed by atoms with van der Waals surface area (Å²) in [7, 11) is 0. The summed E-state index contributed by atoms with van der Waals surface area (Å²) in [6.45, 7) is 4.35. The molecule has 5 heteroatoms. The van der Waals surface area contributed by atoms with Crippen LogP contribution in [0.1, 0.15) is 25.3 Å². The summed E-state index contributed by atoms with van der Waals surface area (Å²) in [6, 6.07) is 7.81. The van der Waals surface area contributed by atoms with E-state index in [0.29, 0.717) is 11.6 Å². The average molecular weight is 258 g/mol. The van der Waals surface area contributed by atoms with Gasteiger partial charge in [-0.25, -0.2) is 0 Å². The number of amides is 1. The van der Waals surface area contributed by atoms with Crippen LogP contribution >= 0.6 is 0 Å². The molecule has 0 atom stereocenters. The van der Waals surface area contributed by atoms with Crippen molar-refractivity contribution >= 4 is 17.3 Å². The monoisotopic (exact) mass is 258 g/mol. The number of carbonyl (C=O) groups excluding carboxylic acids is 1. The van der Waals surface area contributed by atoms with Crippen molar-refractivity contribution in [2.75, 3.05) is 11.1 Å². The molecule has 0 radical (unpaired) electrons. The van der Waals surface area contributed by atoms with Gasteiger partial charge in [0.25, 0.3) is 0 Å². The number of anilines is 2. The first-order valence-electron chi connectivity index (χ1n) is 6.23. The Bertz CT molecular complexity index is 574. The molecule has 1 amide bonds. The number of nitrogens with one attached hydrogen (secondary N) is 1. The predicted molar refractivity (Wildman–Crippen MR) is 75.8 cm³/mol. The molecule has 0 saturated carbocycles. The Kier molecular flexibility index (Phi) is 3.85. The van der Waals surface area contributed by atoms with Crippen molar-refractivity contribution in [1.29, 1.82) is 0 Å². The summed E-state index contributed by atoms with van der Waals surface area (Å²) in [5.41, 5.74) is 8.08. The first-order valence-corrected chi connectivity index (χ1v) is 6.23. The van der Waals surface area contributed by atoms with Gasteiger partial charge in [-0.05, 0) is 17.5 Å². The van der Waals surface area contributed by atoms with Gasteiger partial charge in [-0.2, -0.15) is 5.10 Å². The van der Waals surface area contributed by atoms with E-state index in [2.05, 4.69) is 24.3 Å². The number of rotatable bonds is 4. The number of nitrogen functional groups attached to an aromatic ring is 1. The number of hydrogen-bond acceptors (Lipinski definition) is 3. The third kappa shape index (κ3) is 3.34. The maximum atomic E-state index is 12.0. The van der Waals surface area contributed by atoms with E-state index in [0.717, 1.165) is 11.3 Å². The van der Waals surface area contributed by atoms with Gasteiger partial charge in [-0.3, -0.25) is 9.48 Å². The fourth-order valence-electron chi connectivity index (χ4n) is 1.92. The maximum Gasteiger partial charge on any atom is 0.246 e. The van der Waals surface area contributed by atoms with Gasteiger partial charge in [0, 0.05) is 11.9 Å². The summed E-state index contributed by atoms with van der Waals surface area (Å²) in [5, 5.41) is 6.89. The highest BCUT2D eigenvalue weighted by molar-refractivity contribution is 5.91. The number of carbonyl (C=O) groups is 1. The Morgan fingerprint density at radius 3 is 2.79 bits per heavy atom. The van der Waals surface area contributed by atoms with Gasteiger partial charge in [-0.1, -0.05) is 32.0 Å². The van der Waals surface area contributed by atoms with Gasteiger partial charge in [0.15, 0.2) is 0 Å². The first-order chi connectivity index (χ1) is 9.06. The molecule has 1 aromatic heterocycles. The standard InChI is InChI=1S/C14H18N4O/c1-10(2)12-5-3-4-6-13(12)17-14(19)9-18-8-11(15)7-16-18/h3-8,10H,9,15H2,1-2H3,(H,17,19). The van der Waals surface area contributed by atoms with Crippen LogP contribution in [0.15, 0.2) is 36.7 Å². The lowest BCUT2D eigenvalue weighted by molar-refractivity contribution is -0.116. The van der Waals surface area contributed by atoms with E-state index in [1.54, 1.807) is 6.20 Å². The van der Waals surface area contributed by atoms with Crippen molar-refractivity contribution in [3.05, 3.63) is 42.2 Å². The molecule has 5 nitrogen and oxygen atoms in total. The molecule has 0 fully saturated rings. The number of benzene rings is 1. The average Bonchev–Trinajstić information content (AvgIpc) is 2.75. The SMILES string of the molecule is CC(C)c1ccccc1NC(=O)Cn1cc(N)cn1. The van der Waals surface area contributed by atoms with Crippen LogP contribution in [0.2, 0.25) is 0 Å². The second kappa shape index (κ2) is 5.56. The molecule has 1 aromatic carbocycles. The zero-order valence-corrected chi connectivity index (χ0v) is 11.1. The molecule has 0 unspecified atom stereocenters. The van der Waals surface area contributed by atoms with E-state index >= 15 is 0 Å². The summed E-state index contributed by atoms with van der Waals surface area (Å²) in [4.78, 5) is 12.0. The van der Waals surface area contributed by atoms with Crippen LogP contribution in [0.25, 0.3) is 0 Å². The van der Waals surface area contributed by atoms with Crippen molar-refractivity contribution in [2.45, 2.75) is 26.3 Å². The summed E-state index contributed by atoms with van der Waals surface area (Å²) in [5.74, 6) is 0.244. The topological polar surface area (TPSA) is 72.9 Å². The molecule has 0 aliphatic rings. The van der Waals surface area contributed by atoms with E-state index in [1.807, 2.05) is 24.3 Å². The largest absolute Gasteiger partial charge is 0.396 e. The van der Waals surface area contributed by atoms with Gasteiger partial charge in [0.05, 0.1) is 11.9 Å². The minimum Gasteiger partial charge on any atom is -0.396 e. The van der Waals surface area contributed by atoms with Gasteiger partial charge in [-0.15, -0.1) is 0 Å². The number of nitrogens with zero attached hydrogens (tertiary/aromatic N) is 2. The van der Waals surface area contributed by atoms with Crippen LogP contribution in [0.5, 0.6) is 0 Å². The van der Waals surface area contributed by atoms with E-state index < -0.39 is 0 Å². The summed E-state index contributed by atoms with van der Waals surface area (Å²) in [6.07, 6.45) is 3.16. The molecule has 0 aliphatic heterocycles. The molecule has 2 rings (SSSR count). The predicted octanol–water partition coefficient (Wildman–Crippen LogP) is 2.23. The Labute approximate surface area is 112 Å². The zero-order valence-electron chi connectivity index (χ0n) is 11.1. The van der Waals surface area contributed by atoms with E-state index in [1.165, 1.54) is 10.9 Å². The van der Waals surface area contributed by atoms with Crippen LogP contribution in [-0.2, 0) is 11.3 Å². The minimum atomic E-state index is -0.115. The van der Waals surface area contributed by atoms with Gasteiger partial charge in [0.1, 0.15) is 6.54 Å². The lowest BCUT2D eigenvalue weighted by Crippen LogP contribution is -2.20. The van der Waals surface area contributed by atoms with Crippen molar-refractivity contribution in [3.8, 4) is 0 Å². The molecule has 0 spiro atoms. The molecular formula is C14H18N4O. The molecule has 1 heterocycles. The van der Waals surface area contributed by atoms with Crippen LogP contribution in [0, 0.1) is 0 Å². The van der Waals surface area contributed by atoms with Crippen LogP contribution in [0.3, 0.4) is 0 Å². The maximum absolute atomic E-state index is 12.0. The van der Waals surface area contributed by atoms with Crippen LogP contribution < -0.4 is 11.1 Å². The molecule has 0 aliphatic carbocycles. The van der Waals surface area contributed by atoms with Gasteiger partial charge >= 0.3 is 0 Å². The highest BCUT2D eigenvalue weighted by Gasteiger charge is 2.09. The smallest absolute Gasteiger partial charge is 0.246 e. The van der Waals surface area contributed by atoms with Crippen LogP contribution in [-0.4, -0.2) is 15.7 Å². The van der Waals surface area contributed by atoms with Crippen molar-refractivity contribution in [3.63, 3.8) is 0 Å². The first kappa shape index (κ1) is 13.1. The van der Waals surface area contributed by atoms with Gasteiger partial charge < -0.3 is 11.1 Å². The molecular weight excluding hydrogens is 240 g/mol. The minimum absolute atomic E-state index is 0.115. The number of para-hydroxylation sites is 1. The second-order valence-electron chi connectivity index (χ2n) is 4.76. The summed E-state index contributed by atoms with van der Waals surface area (Å²) < 4.78 is 1.52. The lowest BCUT2D eigenvalue weighted by atomic mass is 10.0. The third-order valence-electron chi connectivity index (χ3n) is 2.82. The fraction of sp³-hybridized carbons (Fsp3) is 0.286. The van der Waals surface area contributed by atoms with E-state index in [4.69, 9.17) is 5.73 Å². The molecule has 0 saturated heterocycles.